The lowest BCUT2D eigenvalue weighted by molar-refractivity contribution is -0.0180. The van der Waals surface area contributed by atoms with Crippen molar-refractivity contribution in [3.63, 3.8) is 0 Å². The number of aliphatic hydroxyl groups is 1. The highest BCUT2D eigenvalue weighted by Crippen LogP contribution is 2.40. The number of benzene rings is 1. The van der Waals surface area contributed by atoms with Gasteiger partial charge in [0.1, 0.15) is 0 Å². The number of methoxy groups -OCH3 is 2. The van der Waals surface area contributed by atoms with Crippen molar-refractivity contribution in [3.8, 4) is 11.5 Å². The molecular weight excluding hydrogens is 266 g/mol. The van der Waals surface area contributed by atoms with E-state index >= 15 is 0 Å². The molecule has 1 N–H and O–H groups in total. The number of hydrogen-bond donors (Lipinski definition) is 1. The molecule has 116 valence electrons. The van der Waals surface area contributed by atoms with Crippen LogP contribution in [0.2, 0.25) is 0 Å². The van der Waals surface area contributed by atoms with Crippen LogP contribution in [-0.2, 0) is 0 Å². The maximum atomic E-state index is 10.2. The van der Waals surface area contributed by atoms with E-state index in [0.717, 1.165) is 30.9 Å². The minimum atomic E-state index is -0.192. The van der Waals surface area contributed by atoms with Crippen molar-refractivity contribution in [3.05, 3.63) is 23.8 Å². The third-order valence-corrected chi connectivity index (χ3v) is 4.90. The summed E-state index contributed by atoms with van der Waals surface area (Å²) in [4.78, 5) is 2.58. The van der Waals surface area contributed by atoms with Gasteiger partial charge in [-0.25, -0.2) is 0 Å². The lowest BCUT2D eigenvalue weighted by atomic mass is 9.84. The highest BCUT2D eigenvalue weighted by atomic mass is 16.5. The van der Waals surface area contributed by atoms with Gasteiger partial charge in [0.15, 0.2) is 11.5 Å². The Kier molecular flexibility index (Phi) is 4.36. The zero-order valence-electron chi connectivity index (χ0n) is 12.9. The van der Waals surface area contributed by atoms with Gasteiger partial charge in [-0.15, -0.1) is 0 Å². The van der Waals surface area contributed by atoms with Gasteiger partial charge in [0.2, 0.25) is 0 Å². The Balaban J connectivity index is 1.89. The molecule has 3 rings (SSSR count). The molecule has 0 aromatic heterocycles. The standard InChI is InChI=1S/C17H25NO3/c1-20-16-7-6-12(9-17(16)21-2)15-11-14(19)10-13-5-3-4-8-18(13)15/h6-7,9,13-15,19H,3-5,8,10-11H2,1-2H3/t13-,14+,15+/m1/s1. The van der Waals surface area contributed by atoms with E-state index in [9.17, 15) is 5.11 Å². The monoisotopic (exact) mass is 291 g/mol. The molecular formula is C17H25NO3. The quantitative estimate of drug-likeness (QED) is 0.930. The van der Waals surface area contributed by atoms with Crippen molar-refractivity contribution in [2.24, 2.45) is 0 Å². The molecule has 4 nitrogen and oxygen atoms in total. The molecule has 0 unspecified atom stereocenters. The van der Waals surface area contributed by atoms with Crippen molar-refractivity contribution < 1.29 is 14.6 Å². The van der Waals surface area contributed by atoms with E-state index in [0.29, 0.717) is 12.1 Å². The van der Waals surface area contributed by atoms with Gasteiger partial charge in [0, 0.05) is 12.1 Å². The molecule has 2 aliphatic heterocycles. The maximum absolute atomic E-state index is 10.2. The Hall–Kier alpha value is -1.26. The summed E-state index contributed by atoms with van der Waals surface area (Å²) in [5.41, 5.74) is 1.22. The molecule has 2 heterocycles. The molecule has 0 amide bonds. The first-order chi connectivity index (χ1) is 10.2. The van der Waals surface area contributed by atoms with Crippen LogP contribution < -0.4 is 9.47 Å². The predicted octanol–water partition coefficient (Wildman–Crippen LogP) is 2.75. The van der Waals surface area contributed by atoms with Gasteiger partial charge in [-0.2, -0.15) is 0 Å². The molecule has 1 aromatic carbocycles. The van der Waals surface area contributed by atoms with Crippen LogP contribution in [0, 0.1) is 0 Å². The van der Waals surface area contributed by atoms with E-state index in [-0.39, 0.29) is 6.10 Å². The SMILES string of the molecule is COc1ccc([C@@H]2C[C@@H](O)C[C@H]3CCCCN32)cc1OC. The maximum Gasteiger partial charge on any atom is 0.161 e. The highest BCUT2D eigenvalue weighted by Gasteiger charge is 2.37. The number of piperidine rings is 2. The molecule has 0 aliphatic carbocycles. The fourth-order valence-corrected chi connectivity index (χ4v) is 3.88. The Morgan fingerprint density at radius 1 is 1.10 bits per heavy atom. The van der Waals surface area contributed by atoms with Crippen molar-refractivity contribution in [1.82, 2.24) is 4.90 Å². The molecule has 3 atom stereocenters. The van der Waals surface area contributed by atoms with Crippen molar-refractivity contribution in [1.29, 1.82) is 0 Å². The van der Waals surface area contributed by atoms with Crippen LogP contribution in [0.25, 0.3) is 0 Å². The zero-order chi connectivity index (χ0) is 14.8. The average Bonchev–Trinajstić information content (AvgIpc) is 2.53. The van der Waals surface area contributed by atoms with Crippen LogP contribution in [0.1, 0.15) is 43.7 Å². The van der Waals surface area contributed by atoms with Crippen LogP contribution in [0.15, 0.2) is 18.2 Å². The van der Waals surface area contributed by atoms with Crippen molar-refractivity contribution in [2.45, 2.75) is 50.3 Å². The van der Waals surface area contributed by atoms with Crippen LogP contribution in [0.4, 0.5) is 0 Å². The summed E-state index contributed by atoms with van der Waals surface area (Å²) in [5.74, 6) is 1.52. The van der Waals surface area contributed by atoms with Gasteiger partial charge < -0.3 is 14.6 Å². The minimum absolute atomic E-state index is 0.192. The molecule has 2 aliphatic rings. The largest absolute Gasteiger partial charge is 0.493 e. The Morgan fingerprint density at radius 3 is 2.67 bits per heavy atom. The second-order valence-corrected chi connectivity index (χ2v) is 6.14. The summed E-state index contributed by atoms with van der Waals surface area (Å²) in [6.45, 7) is 1.14. The third-order valence-electron chi connectivity index (χ3n) is 4.90. The summed E-state index contributed by atoms with van der Waals surface area (Å²) in [7, 11) is 3.32. The lowest BCUT2D eigenvalue weighted by Crippen LogP contribution is -2.48. The summed E-state index contributed by atoms with van der Waals surface area (Å²) in [6, 6.07) is 6.95. The van der Waals surface area contributed by atoms with Crippen molar-refractivity contribution >= 4 is 0 Å². The number of aliphatic hydroxyl groups excluding tert-OH is 1. The molecule has 0 saturated carbocycles. The van der Waals surface area contributed by atoms with Gasteiger partial charge >= 0.3 is 0 Å². The molecule has 4 heteroatoms. The average molecular weight is 291 g/mol. The molecule has 0 spiro atoms. The van der Waals surface area contributed by atoms with Crippen LogP contribution in [-0.4, -0.2) is 42.9 Å². The first-order valence-electron chi connectivity index (χ1n) is 7.88. The molecule has 0 bridgehead atoms. The van der Waals surface area contributed by atoms with Crippen LogP contribution >= 0.6 is 0 Å². The molecule has 2 fully saturated rings. The first kappa shape index (κ1) is 14.7. The van der Waals surface area contributed by atoms with Crippen LogP contribution in [0.3, 0.4) is 0 Å². The fourth-order valence-electron chi connectivity index (χ4n) is 3.88. The zero-order valence-corrected chi connectivity index (χ0v) is 12.9. The van der Waals surface area contributed by atoms with Gasteiger partial charge in [-0.05, 0) is 49.9 Å². The molecule has 1 aromatic rings. The number of ether oxygens (including phenoxy) is 2. The van der Waals surface area contributed by atoms with E-state index in [1.165, 1.54) is 24.8 Å². The van der Waals surface area contributed by atoms with E-state index in [4.69, 9.17) is 9.47 Å². The van der Waals surface area contributed by atoms with E-state index < -0.39 is 0 Å². The summed E-state index contributed by atoms with van der Waals surface area (Å²) in [5, 5.41) is 10.2. The topological polar surface area (TPSA) is 41.9 Å². The highest BCUT2D eigenvalue weighted by molar-refractivity contribution is 5.44. The van der Waals surface area contributed by atoms with E-state index in [1.54, 1.807) is 14.2 Å². The third kappa shape index (κ3) is 2.87. The summed E-state index contributed by atoms with van der Waals surface area (Å²) >= 11 is 0. The van der Waals surface area contributed by atoms with Gasteiger partial charge in [-0.3, -0.25) is 4.90 Å². The fraction of sp³-hybridized carbons (Fsp3) is 0.647. The Bertz CT molecular complexity index is 491. The first-order valence-corrected chi connectivity index (χ1v) is 7.88. The minimum Gasteiger partial charge on any atom is -0.493 e. The molecule has 2 saturated heterocycles. The van der Waals surface area contributed by atoms with E-state index in [2.05, 4.69) is 17.0 Å². The normalized spacial score (nSPS) is 29.8. The number of hydrogen-bond acceptors (Lipinski definition) is 4. The Labute approximate surface area is 126 Å². The number of nitrogens with zero attached hydrogens (tertiary/aromatic N) is 1. The summed E-state index contributed by atoms with van der Waals surface area (Å²) < 4.78 is 10.7. The number of rotatable bonds is 3. The lowest BCUT2D eigenvalue weighted by Gasteiger charge is -2.47. The smallest absolute Gasteiger partial charge is 0.161 e. The summed E-state index contributed by atoms with van der Waals surface area (Å²) in [6.07, 6.45) is 5.29. The van der Waals surface area contributed by atoms with Gasteiger partial charge in [0.25, 0.3) is 0 Å². The van der Waals surface area contributed by atoms with Crippen molar-refractivity contribution in [2.75, 3.05) is 20.8 Å². The number of fused-ring (bicyclic) bond motifs is 1. The van der Waals surface area contributed by atoms with E-state index in [1.807, 2.05) is 6.07 Å². The van der Waals surface area contributed by atoms with Crippen LogP contribution in [0.5, 0.6) is 11.5 Å². The Morgan fingerprint density at radius 2 is 1.90 bits per heavy atom. The second-order valence-electron chi connectivity index (χ2n) is 6.14. The van der Waals surface area contributed by atoms with Gasteiger partial charge in [-0.1, -0.05) is 12.5 Å². The predicted molar refractivity (Wildman–Crippen MR) is 81.9 cm³/mol. The second kappa shape index (κ2) is 6.24. The van der Waals surface area contributed by atoms with Gasteiger partial charge in [0.05, 0.1) is 20.3 Å². The molecule has 21 heavy (non-hydrogen) atoms. The molecule has 0 radical (unpaired) electrons.